The number of alkyl halides is 3. The molecule has 1 N–H and O–H groups in total. The number of nitrogens with zero attached hydrogens (tertiary/aromatic N) is 5. The van der Waals surface area contributed by atoms with Gasteiger partial charge in [0.2, 0.25) is 5.91 Å². The second-order valence-corrected chi connectivity index (χ2v) is 7.72. The fourth-order valence-corrected chi connectivity index (χ4v) is 3.52. The van der Waals surface area contributed by atoms with Crippen LogP contribution in [0.2, 0.25) is 0 Å². The van der Waals surface area contributed by atoms with Crippen LogP contribution in [0.1, 0.15) is 36.7 Å². The van der Waals surface area contributed by atoms with Crippen LogP contribution in [0.15, 0.2) is 47.7 Å². The highest BCUT2D eigenvalue weighted by Crippen LogP contribution is 2.32. The first-order valence-corrected chi connectivity index (χ1v) is 9.87. The molecule has 8 nitrogen and oxygen atoms in total. The van der Waals surface area contributed by atoms with Crippen molar-refractivity contribution in [1.82, 2.24) is 19.2 Å². The number of amides is 1. The molecule has 0 aliphatic heterocycles. The van der Waals surface area contributed by atoms with Crippen molar-refractivity contribution in [2.75, 3.05) is 5.32 Å². The Morgan fingerprint density at radius 1 is 1.21 bits per heavy atom. The summed E-state index contributed by atoms with van der Waals surface area (Å²) in [6.45, 7) is 3.06. The molecule has 0 radical (unpaired) electrons. The number of nitriles is 1. The van der Waals surface area contributed by atoms with Gasteiger partial charge < -0.3 is 9.72 Å². The number of carbonyl (C=O) groups excluding carboxylic acids is 1. The van der Waals surface area contributed by atoms with Gasteiger partial charge in [0.1, 0.15) is 18.9 Å². The lowest BCUT2D eigenvalue weighted by molar-refractivity contribution is -0.137. The molecule has 11 heteroatoms. The van der Waals surface area contributed by atoms with Crippen LogP contribution < -0.4 is 10.9 Å². The van der Waals surface area contributed by atoms with Gasteiger partial charge in [0, 0.05) is 11.6 Å². The number of benzene rings is 1. The van der Waals surface area contributed by atoms with E-state index in [9.17, 15) is 22.8 Å². The molecule has 0 fully saturated rings. The summed E-state index contributed by atoms with van der Waals surface area (Å²) < 4.78 is 42.0. The Bertz CT molecular complexity index is 1490. The standard InChI is InChI=1S/C22H17F3N6O2/c1-12(2)20-16-7-13(22(23,24)25)3-5-15(16)21(33)31(29-20)10-19(32)28-14-4-6-18-17(8-26)27-11-30(18)9-14/h3-7,9,11-12H,10H2,1-2H3,(H,28,32). The summed E-state index contributed by atoms with van der Waals surface area (Å²) in [5.41, 5.74) is -0.0306. The maximum absolute atomic E-state index is 13.1. The van der Waals surface area contributed by atoms with Gasteiger partial charge in [-0.1, -0.05) is 13.8 Å². The summed E-state index contributed by atoms with van der Waals surface area (Å²) in [7, 11) is 0. The molecule has 0 aliphatic carbocycles. The van der Waals surface area contributed by atoms with E-state index in [0.29, 0.717) is 11.2 Å². The summed E-state index contributed by atoms with van der Waals surface area (Å²) in [6, 6.07) is 8.04. The average molecular weight is 454 g/mol. The number of imidazole rings is 1. The first kappa shape index (κ1) is 22.0. The van der Waals surface area contributed by atoms with E-state index in [0.717, 1.165) is 22.9 Å². The molecule has 0 aliphatic rings. The van der Waals surface area contributed by atoms with Gasteiger partial charge in [0.15, 0.2) is 5.69 Å². The zero-order valence-electron chi connectivity index (χ0n) is 17.5. The summed E-state index contributed by atoms with van der Waals surface area (Å²) in [5.74, 6) is -0.839. The lowest BCUT2D eigenvalue weighted by atomic mass is 10.0. The Morgan fingerprint density at radius 3 is 2.64 bits per heavy atom. The molecule has 0 bridgehead atoms. The van der Waals surface area contributed by atoms with Gasteiger partial charge in [0.25, 0.3) is 5.56 Å². The molecule has 0 atom stereocenters. The van der Waals surface area contributed by atoms with Gasteiger partial charge in [-0.3, -0.25) is 9.59 Å². The minimum atomic E-state index is -4.55. The number of carbonyl (C=O) groups is 1. The van der Waals surface area contributed by atoms with E-state index in [4.69, 9.17) is 5.26 Å². The van der Waals surface area contributed by atoms with E-state index >= 15 is 0 Å². The maximum atomic E-state index is 13.1. The smallest absolute Gasteiger partial charge is 0.323 e. The fraction of sp³-hybridized carbons (Fsp3) is 0.227. The van der Waals surface area contributed by atoms with Crippen LogP contribution in [0.25, 0.3) is 16.3 Å². The van der Waals surface area contributed by atoms with E-state index in [1.54, 1.807) is 36.6 Å². The molecule has 3 aromatic heterocycles. The van der Waals surface area contributed by atoms with E-state index in [2.05, 4.69) is 15.4 Å². The highest BCUT2D eigenvalue weighted by molar-refractivity contribution is 5.91. The highest BCUT2D eigenvalue weighted by Gasteiger charge is 2.31. The van der Waals surface area contributed by atoms with E-state index < -0.39 is 29.8 Å². The van der Waals surface area contributed by atoms with Gasteiger partial charge in [-0.2, -0.15) is 23.5 Å². The van der Waals surface area contributed by atoms with Gasteiger partial charge in [-0.15, -0.1) is 0 Å². The normalized spacial score (nSPS) is 11.8. The number of pyridine rings is 1. The average Bonchev–Trinajstić information content (AvgIpc) is 3.16. The van der Waals surface area contributed by atoms with Crippen LogP contribution >= 0.6 is 0 Å². The number of halogens is 3. The first-order valence-electron chi connectivity index (χ1n) is 9.87. The van der Waals surface area contributed by atoms with Crippen molar-refractivity contribution in [2.24, 2.45) is 0 Å². The lowest BCUT2D eigenvalue weighted by Gasteiger charge is -2.15. The molecular weight excluding hydrogens is 437 g/mol. The third kappa shape index (κ3) is 4.15. The minimum Gasteiger partial charge on any atom is -0.323 e. The summed E-state index contributed by atoms with van der Waals surface area (Å²) in [6.07, 6.45) is -1.56. The van der Waals surface area contributed by atoms with Crippen LogP contribution in [0, 0.1) is 11.3 Å². The SMILES string of the molecule is CC(C)c1nn(CC(=O)Nc2ccc3c(C#N)ncn3c2)c(=O)c2ccc(C(F)(F)F)cc12. The number of nitrogens with one attached hydrogen (secondary N) is 1. The largest absolute Gasteiger partial charge is 0.416 e. The highest BCUT2D eigenvalue weighted by atomic mass is 19.4. The molecule has 168 valence electrons. The second kappa shape index (κ2) is 8.05. The summed E-state index contributed by atoms with van der Waals surface area (Å²) in [4.78, 5) is 29.4. The van der Waals surface area contributed by atoms with Gasteiger partial charge in [-0.25, -0.2) is 9.67 Å². The molecule has 4 rings (SSSR count). The molecule has 1 amide bonds. The molecule has 3 heterocycles. The number of hydrogen-bond acceptors (Lipinski definition) is 5. The van der Waals surface area contributed by atoms with E-state index in [1.165, 1.54) is 6.33 Å². The number of hydrogen-bond donors (Lipinski definition) is 1. The first-order chi connectivity index (χ1) is 15.6. The van der Waals surface area contributed by atoms with E-state index in [1.807, 2.05) is 6.07 Å². The zero-order chi connectivity index (χ0) is 23.9. The lowest BCUT2D eigenvalue weighted by Crippen LogP contribution is -2.31. The topological polar surface area (TPSA) is 105 Å². The number of fused-ring (bicyclic) bond motifs is 2. The molecule has 0 unspecified atom stereocenters. The van der Waals surface area contributed by atoms with Crippen molar-refractivity contribution >= 4 is 27.9 Å². The van der Waals surface area contributed by atoms with E-state index in [-0.39, 0.29) is 28.1 Å². The van der Waals surface area contributed by atoms with Gasteiger partial charge in [0.05, 0.1) is 27.8 Å². The van der Waals surface area contributed by atoms with Crippen LogP contribution in [-0.4, -0.2) is 25.1 Å². The van der Waals surface area contributed by atoms with Crippen LogP contribution in [0.5, 0.6) is 0 Å². The van der Waals surface area contributed by atoms with Gasteiger partial charge in [-0.05, 0) is 36.2 Å². The third-order valence-electron chi connectivity index (χ3n) is 5.08. The zero-order valence-corrected chi connectivity index (χ0v) is 17.5. The fourth-order valence-electron chi connectivity index (χ4n) is 3.52. The number of anilines is 1. The molecule has 0 saturated heterocycles. The molecule has 0 spiro atoms. The summed E-state index contributed by atoms with van der Waals surface area (Å²) >= 11 is 0. The van der Waals surface area contributed by atoms with Crippen LogP contribution in [0.3, 0.4) is 0 Å². The van der Waals surface area contributed by atoms with Crippen molar-refractivity contribution in [2.45, 2.75) is 32.5 Å². The van der Waals surface area contributed by atoms with Crippen LogP contribution in [0.4, 0.5) is 18.9 Å². The molecule has 4 aromatic rings. The third-order valence-corrected chi connectivity index (χ3v) is 5.08. The Kier molecular flexibility index (Phi) is 5.37. The van der Waals surface area contributed by atoms with Gasteiger partial charge >= 0.3 is 6.18 Å². The van der Waals surface area contributed by atoms with Crippen molar-refractivity contribution in [3.63, 3.8) is 0 Å². The molecular formula is C22H17F3N6O2. The molecule has 33 heavy (non-hydrogen) atoms. The van der Waals surface area contributed by atoms with Crippen molar-refractivity contribution in [3.05, 3.63) is 70.2 Å². The summed E-state index contributed by atoms with van der Waals surface area (Å²) in [5, 5.41) is 16.0. The predicted octanol–water partition coefficient (Wildman–Crippen LogP) is 3.70. The van der Waals surface area contributed by atoms with Crippen molar-refractivity contribution in [3.8, 4) is 6.07 Å². The number of aromatic nitrogens is 4. The molecule has 0 saturated carbocycles. The number of rotatable bonds is 4. The predicted molar refractivity (Wildman–Crippen MR) is 114 cm³/mol. The van der Waals surface area contributed by atoms with Crippen molar-refractivity contribution < 1.29 is 18.0 Å². The second-order valence-electron chi connectivity index (χ2n) is 7.72. The Morgan fingerprint density at radius 2 is 1.97 bits per heavy atom. The molecule has 1 aromatic carbocycles. The Balaban J connectivity index is 1.67. The Hall–Kier alpha value is -4.20. The van der Waals surface area contributed by atoms with Crippen molar-refractivity contribution in [1.29, 1.82) is 5.26 Å². The van der Waals surface area contributed by atoms with Crippen LogP contribution in [-0.2, 0) is 17.5 Å². The monoisotopic (exact) mass is 454 g/mol. The Labute approximate surface area is 184 Å². The maximum Gasteiger partial charge on any atom is 0.416 e. The quantitative estimate of drug-likeness (QED) is 0.506. The minimum absolute atomic E-state index is 0.0540.